The largest absolute Gasteiger partial charge is 0.293 e. The second-order valence-corrected chi connectivity index (χ2v) is 5.38. The first kappa shape index (κ1) is 13.6. The van der Waals surface area contributed by atoms with Crippen molar-refractivity contribution in [3.63, 3.8) is 0 Å². The fraction of sp³-hybridized carbons (Fsp3) is 0.300. The number of amides is 1. The molecule has 1 aromatic carbocycles. The van der Waals surface area contributed by atoms with Crippen molar-refractivity contribution < 1.29 is 13.2 Å². The molecule has 0 spiro atoms. The fourth-order valence-corrected chi connectivity index (χ4v) is 2.40. The number of rotatable bonds is 4. The number of benzene rings is 1. The Labute approximate surface area is 100 Å². The van der Waals surface area contributed by atoms with Gasteiger partial charge in [0.25, 0.3) is 5.91 Å². The van der Waals surface area contributed by atoms with Crippen LogP contribution in [-0.2, 0) is 14.8 Å². The number of nitrogens with two attached hydrogens (primary N) is 1. The average Bonchev–Trinajstić information content (AvgIpc) is 2.27. The van der Waals surface area contributed by atoms with E-state index >= 15 is 0 Å². The quantitative estimate of drug-likeness (QED) is 0.390. The second-order valence-electron chi connectivity index (χ2n) is 3.66. The van der Waals surface area contributed by atoms with Crippen LogP contribution in [0.1, 0.15) is 12.5 Å². The number of carbonyl (C=O) groups is 1. The maximum absolute atomic E-state index is 11.8. The van der Waals surface area contributed by atoms with Gasteiger partial charge in [-0.3, -0.25) is 10.2 Å². The normalized spacial score (nSPS) is 13.1. The number of sulfonamides is 1. The van der Waals surface area contributed by atoms with Crippen LogP contribution in [0.5, 0.6) is 0 Å². The molecule has 0 fully saturated rings. The molecule has 17 heavy (non-hydrogen) atoms. The van der Waals surface area contributed by atoms with Gasteiger partial charge in [-0.25, -0.2) is 14.3 Å². The van der Waals surface area contributed by atoms with Crippen molar-refractivity contribution in [1.82, 2.24) is 10.1 Å². The Morgan fingerprint density at radius 3 is 2.29 bits per heavy atom. The number of carbonyl (C=O) groups excluding carboxylic acids is 1. The highest BCUT2D eigenvalue weighted by atomic mass is 32.2. The van der Waals surface area contributed by atoms with E-state index in [1.807, 2.05) is 12.3 Å². The zero-order chi connectivity index (χ0) is 13.1. The molecule has 6 nitrogen and oxygen atoms in total. The zero-order valence-electron chi connectivity index (χ0n) is 9.60. The predicted octanol–water partition coefficient (Wildman–Crippen LogP) is -0.348. The van der Waals surface area contributed by atoms with Crippen LogP contribution in [0.4, 0.5) is 0 Å². The summed E-state index contributed by atoms with van der Waals surface area (Å²) < 4.78 is 25.9. The van der Waals surface area contributed by atoms with Crippen LogP contribution >= 0.6 is 0 Å². The third-order valence-corrected chi connectivity index (χ3v) is 3.76. The number of hydrogen-bond donors (Lipinski definition) is 3. The van der Waals surface area contributed by atoms with E-state index in [2.05, 4.69) is 4.72 Å². The first-order valence-corrected chi connectivity index (χ1v) is 6.44. The van der Waals surface area contributed by atoms with Gasteiger partial charge in [-0.15, -0.1) is 0 Å². The van der Waals surface area contributed by atoms with E-state index in [-0.39, 0.29) is 4.90 Å². The molecule has 0 aliphatic carbocycles. The van der Waals surface area contributed by atoms with Crippen molar-refractivity contribution in [1.29, 1.82) is 0 Å². The zero-order valence-corrected chi connectivity index (χ0v) is 10.4. The third kappa shape index (κ3) is 3.52. The van der Waals surface area contributed by atoms with Crippen molar-refractivity contribution in [2.24, 2.45) is 5.84 Å². The minimum absolute atomic E-state index is 0.111. The topological polar surface area (TPSA) is 101 Å². The van der Waals surface area contributed by atoms with Gasteiger partial charge in [0.15, 0.2) is 0 Å². The van der Waals surface area contributed by atoms with Gasteiger partial charge in [-0.1, -0.05) is 17.7 Å². The van der Waals surface area contributed by atoms with Crippen LogP contribution < -0.4 is 16.0 Å². The summed E-state index contributed by atoms with van der Waals surface area (Å²) in [7, 11) is -3.70. The highest BCUT2D eigenvalue weighted by Crippen LogP contribution is 2.10. The van der Waals surface area contributed by atoms with Crippen LogP contribution in [0, 0.1) is 6.92 Å². The van der Waals surface area contributed by atoms with Crippen molar-refractivity contribution in [3.8, 4) is 0 Å². The van der Waals surface area contributed by atoms with E-state index < -0.39 is 22.0 Å². The Morgan fingerprint density at radius 2 is 1.82 bits per heavy atom. The molecule has 1 amide bonds. The number of hydrazine groups is 1. The van der Waals surface area contributed by atoms with Gasteiger partial charge in [0.1, 0.15) is 0 Å². The first-order valence-electron chi connectivity index (χ1n) is 4.96. The highest BCUT2D eigenvalue weighted by molar-refractivity contribution is 7.89. The summed E-state index contributed by atoms with van der Waals surface area (Å²) in [5.41, 5.74) is 2.84. The number of nitrogens with one attached hydrogen (secondary N) is 2. The molecule has 0 saturated heterocycles. The molecule has 4 N–H and O–H groups in total. The monoisotopic (exact) mass is 257 g/mol. The Bertz CT molecular complexity index is 496. The molecule has 0 unspecified atom stereocenters. The summed E-state index contributed by atoms with van der Waals surface area (Å²) in [5.74, 6) is 4.32. The molecule has 0 heterocycles. The maximum atomic E-state index is 11.8. The van der Waals surface area contributed by atoms with Gasteiger partial charge in [0, 0.05) is 0 Å². The lowest BCUT2D eigenvalue weighted by molar-refractivity contribution is -0.122. The van der Waals surface area contributed by atoms with Gasteiger partial charge in [0.2, 0.25) is 10.0 Å². The minimum Gasteiger partial charge on any atom is -0.293 e. The fourth-order valence-electron chi connectivity index (χ4n) is 1.20. The molecule has 7 heteroatoms. The van der Waals surface area contributed by atoms with Crippen LogP contribution in [0.25, 0.3) is 0 Å². The lowest BCUT2D eigenvalue weighted by atomic mass is 10.2. The lowest BCUT2D eigenvalue weighted by Crippen LogP contribution is -2.47. The van der Waals surface area contributed by atoms with E-state index in [1.54, 1.807) is 12.1 Å². The van der Waals surface area contributed by atoms with E-state index in [0.717, 1.165) is 5.56 Å². The summed E-state index contributed by atoms with van der Waals surface area (Å²) >= 11 is 0. The third-order valence-electron chi connectivity index (χ3n) is 2.20. The summed E-state index contributed by atoms with van der Waals surface area (Å²) in [4.78, 5) is 11.2. The van der Waals surface area contributed by atoms with E-state index in [4.69, 9.17) is 5.84 Å². The average molecular weight is 257 g/mol. The number of hydrogen-bond acceptors (Lipinski definition) is 4. The minimum atomic E-state index is -3.70. The molecule has 94 valence electrons. The Kier molecular flexibility index (Phi) is 4.22. The molecular formula is C10H15N3O3S. The van der Waals surface area contributed by atoms with Crippen LogP contribution in [-0.4, -0.2) is 20.4 Å². The highest BCUT2D eigenvalue weighted by Gasteiger charge is 2.21. The van der Waals surface area contributed by atoms with Crippen LogP contribution in [0.2, 0.25) is 0 Å². The molecular weight excluding hydrogens is 242 g/mol. The maximum Gasteiger partial charge on any atom is 0.251 e. The first-order chi connectivity index (χ1) is 7.86. The molecule has 0 aromatic heterocycles. The lowest BCUT2D eigenvalue weighted by Gasteiger charge is -2.12. The van der Waals surface area contributed by atoms with Gasteiger partial charge in [0.05, 0.1) is 10.9 Å². The van der Waals surface area contributed by atoms with Crippen molar-refractivity contribution in [2.75, 3.05) is 0 Å². The van der Waals surface area contributed by atoms with Gasteiger partial charge in [-0.2, -0.15) is 4.72 Å². The van der Waals surface area contributed by atoms with Crippen molar-refractivity contribution in [2.45, 2.75) is 24.8 Å². The van der Waals surface area contributed by atoms with Crippen molar-refractivity contribution in [3.05, 3.63) is 29.8 Å². The molecule has 0 bridgehead atoms. The molecule has 1 aromatic rings. The van der Waals surface area contributed by atoms with E-state index in [1.165, 1.54) is 19.1 Å². The Morgan fingerprint density at radius 1 is 1.29 bits per heavy atom. The van der Waals surface area contributed by atoms with Crippen LogP contribution in [0.3, 0.4) is 0 Å². The summed E-state index contributed by atoms with van der Waals surface area (Å²) in [6, 6.07) is 5.39. The van der Waals surface area contributed by atoms with Gasteiger partial charge >= 0.3 is 0 Å². The van der Waals surface area contributed by atoms with E-state index in [0.29, 0.717) is 0 Å². The van der Waals surface area contributed by atoms with E-state index in [9.17, 15) is 13.2 Å². The molecule has 0 aliphatic rings. The molecule has 0 radical (unpaired) electrons. The molecule has 1 atom stereocenters. The Balaban J connectivity index is 2.89. The van der Waals surface area contributed by atoms with Gasteiger partial charge < -0.3 is 0 Å². The molecule has 1 rings (SSSR count). The standard InChI is InChI=1S/C10H15N3O3S/c1-7-3-5-9(6-4-7)17(15,16)13-8(2)10(14)12-11/h3-6,8,13H,11H2,1-2H3,(H,12,14)/t8-/m0/s1. The SMILES string of the molecule is Cc1ccc(S(=O)(=O)N[C@@H](C)C(=O)NN)cc1. The summed E-state index contributed by atoms with van der Waals surface area (Å²) in [5, 5.41) is 0. The summed E-state index contributed by atoms with van der Waals surface area (Å²) in [6.45, 7) is 3.27. The second kappa shape index (κ2) is 5.26. The smallest absolute Gasteiger partial charge is 0.251 e. The predicted molar refractivity (Wildman–Crippen MR) is 63.3 cm³/mol. The summed E-state index contributed by atoms with van der Waals surface area (Å²) in [6.07, 6.45) is 0. The van der Waals surface area contributed by atoms with Gasteiger partial charge in [-0.05, 0) is 26.0 Å². The number of aryl methyl sites for hydroxylation is 1. The molecule has 0 saturated carbocycles. The van der Waals surface area contributed by atoms with Crippen LogP contribution in [0.15, 0.2) is 29.2 Å². The van der Waals surface area contributed by atoms with Crippen molar-refractivity contribution >= 4 is 15.9 Å². The Hall–Kier alpha value is -1.44. The molecule has 0 aliphatic heterocycles.